The number of benzene rings is 2. The number of carbonyl (C=O) groups is 1. The van der Waals surface area contributed by atoms with E-state index in [0.29, 0.717) is 24.7 Å². The molecule has 0 fully saturated rings. The molecule has 1 amide bonds. The first-order chi connectivity index (χ1) is 13.2. The molecular formula is C21H18N2O4. The number of carbonyl (C=O) groups excluding carboxylic acids is 1. The Morgan fingerprint density at radius 3 is 2.89 bits per heavy atom. The highest BCUT2D eigenvalue weighted by Crippen LogP contribution is 2.34. The van der Waals surface area contributed by atoms with Crippen molar-refractivity contribution in [3.05, 3.63) is 59.7 Å². The van der Waals surface area contributed by atoms with Crippen LogP contribution < -0.4 is 14.2 Å². The van der Waals surface area contributed by atoms with Gasteiger partial charge in [0.15, 0.2) is 17.6 Å². The van der Waals surface area contributed by atoms with Crippen molar-refractivity contribution in [3.8, 4) is 17.4 Å². The summed E-state index contributed by atoms with van der Waals surface area (Å²) < 4.78 is 16.7. The van der Waals surface area contributed by atoms with Gasteiger partial charge in [0.05, 0.1) is 12.1 Å². The van der Waals surface area contributed by atoms with E-state index in [1.165, 1.54) is 0 Å². The third-order valence-corrected chi connectivity index (χ3v) is 4.88. The SMILES string of the molecule is C[C@@H]1Oc2nc3ccccc3cc2CN(Cc2ccc3c(c2)OCO3)C1=O. The standard InChI is InChI=1S/C21H18N2O4/c1-13-21(24)23(10-14-6-7-18-19(8-14)26-12-25-18)11-16-9-15-4-2-3-5-17(15)22-20(16)27-13/h2-9,13H,10-12H2,1H3/t13-/m0/s1. The Kier molecular flexibility index (Phi) is 3.63. The first-order valence-electron chi connectivity index (χ1n) is 8.90. The number of amides is 1. The van der Waals surface area contributed by atoms with Crippen molar-refractivity contribution in [2.45, 2.75) is 26.1 Å². The monoisotopic (exact) mass is 362 g/mol. The van der Waals surface area contributed by atoms with Crippen molar-refractivity contribution in [2.24, 2.45) is 0 Å². The number of ether oxygens (including phenoxy) is 3. The van der Waals surface area contributed by atoms with E-state index in [9.17, 15) is 4.79 Å². The second kappa shape index (κ2) is 6.16. The fraction of sp³-hybridized carbons (Fsp3) is 0.238. The fourth-order valence-electron chi connectivity index (χ4n) is 3.51. The Morgan fingerprint density at radius 2 is 1.96 bits per heavy atom. The van der Waals surface area contributed by atoms with Crippen LogP contribution in [0.25, 0.3) is 10.9 Å². The molecule has 6 nitrogen and oxygen atoms in total. The van der Waals surface area contributed by atoms with Gasteiger partial charge in [-0.15, -0.1) is 0 Å². The zero-order valence-corrected chi connectivity index (χ0v) is 14.8. The van der Waals surface area contributed by atoms with Gasteiger partial charge in [-0.25, -0.2) is 4.98 Å². The van der Waals surface area contributed by atoms with Gasteiger partial charge in [0.25, 0.3) is 5.91 Å². The minimum absolute atomic E-state index is 0.0604. The lowest BCUT2D eigenvalue weighted by Gasteiger charge is -2.22. The summed E-state index contributed by atoms with van der Waals surface area (Å²) in [6.07, 6.45) is -0.589. The summed E-state index contributed by atoms with van der Waals surface area (Å²) in [5.41, 5.74) is 2.75. The van der Waals surface area contributed by atoms with Gasteiger partial charge in [-0.3, -0.25) is 4.79 Å². The van der Waals surface area contributed by atoms with E-state index >= 15 is 0 Å². The molecule has 2 aromatic carbocycles. The lowest BCUT2D eigenvalue weighted by molar-refractivity contribution is -0.138. The molecule has 0 bridgehead atoms. The van der Waals surface area contributed by atoms with Crippen molar-refractivity contribution >= 4 is 16.8 Å². The smallest absolute Gasteiger partial charge is 0.264 e. The summed E-state index contributed by atoms with van der Waals surface area (Å²) in [4.78, 5) is 19.3. The topological polar surface area (TPSA) is 60.9 Å². The van der Waals surface area contributed by atoms with Crippen LogP contribution in [0.1, 0.15) is 18.1 Å². The molecule has 0 aliphatic carbocycles. The van der Waals surface area contributed by atoms with Gasteiger partial charge >= 0.3 is 0 Å². The molecule has 0 unspecified atom stereocenters. The van der Waals surface area contributed by atoms with Crippen LogP contribution >= 0.6 is 0 Å². The number of para-hydroxylation sites is 1. The van der Waals surface area contributed by atoms with E-state index in [1.54, 1.807) is 11.8 Å². The molecule has 0 saturated carbocycles. The maximum Gasteiger partial charge on any atom is 0.264 e. The highest BCUT2D eigenvalue weighted by atomic mass is 16.7. The van der Waals surface area contributed by atoms with E-state index in [0.717, 1.165) is 27.8 Å². The maximum absolute atomic E-state index is 12.9. The lowest BCUT2D eigenvalue weighted by Crippen LogP contribution is -2.37. The van der Waals surface area contributed by atoms with Gasteiger partial charge in [0.2, 0.25) is 12.7 Å². The van der Waals surface area contributed by atoms with Gasteiger partial charge in [-0.05, 0) is 36.8 Å². The van der Waals surface area contributed by atoms with Crippen LogP contribution in [0, 0.1) is 0 Å². The first kappa shape index (κ1) is 15.9. The first-order valence-corrected chi connectivity index (χ1v) is 8.90. The molecule has 3 aromatic rings. The summed E-state index contributed by atoms with van der Waals surface area (Å²) in [6, 6.07) is 15.7. The fourth-order valence-corrected chi connectivity index (χ4v) is 3.51. The molecule has 1 atom stereocenters. The number of hydrogen-bond acceptors (Lipinski definition) is 5. The highest BCUT2D eigenvalue weighted by Gasteiger charge is 2.29. The van der Waals surface area contributed by atoms with Crippen LogP contribution in [0.3, 0.4) is 0 Å². The van der Waals surface area contributed by atoms with Crippen LogP contribution in [-0.2, 0) is 17.9 Å². The Morgan fingerprint density at radius 1 is 1.11 bits per heavy atom. The molecule has 5 rings (SSSR count). The van der Waals surface area contributed by atoms with E-state index in [4.69, 9.17) is 14.2 Å². The molecule has 0 spiro atoms. The molecule has 27 heavy (non-hydrogen) atoms. The minimum Gasteiger partial charge on any atom is -0.464 e. The molecule has 136 valence electrons. The third-order valence-electron chi connectivity index (χ3n) is 4.88. The number of rotatable bonds is 2. The molecule has 6 heteroatoms. The number of nitrogens with zero attached hydrogens (tertiary/aromatic N) is 2. The molecule has 1 aromatic heterocycles. The predicted octanol–water partition coefficient (Wildman–Crippen LogP) is 3.27. The summed E-state index contributed by atoms with van der Waals surface area (Å²) in [5, 5.41) is 1.03. The van der Waals surface area contributed by atoms with Gasteiger partial charge < -0.3 is 19.1 Å². The second-order valence-corrected chi connectivity index (χ2v) is 6.79. The minimum atomic E-state index is -0.589. The van der Waals surface area contributed by atoms with Gasteiger partial charge in [0, 0.05) is 17.5 Å². The van der Waals surface area contributed by atoms with Crippen LogP contribution in [0.4, 0.5) is 0 Å². The predicted molar refractivity (Wildman–Crippen MR) is 98.7 cm³/mol. The average molecular weight is 362 g/mol. The van der Waals surface area contributed by atoms with E-state index in [2.05, 4.69) is 11.1 Å². The van der Waals surface area contributed by atoms with E-state index < -0.39 is 6.10 Å². The van der Waals surface area contributed by atoms with Crippen molar-refractivity contribution in [3.63, 3.8) is 0 Å². The van der Waals surface area contributed by atoms with E-state index in [1.807, 2.05) is 42.5 Å². The Labute approximate surface area is 156 Å². The van der Waals surface area contributed by atoms with Crippen LogP contribution in [0.5, 0.6) is 17.4 Å². The number of aromatic nitrogens is 1. The summed E-state index contributed by atoms with van der Waals surface area (Å²) in [7, 11) is 0. The van der Waals surface area contributed by atoms with Crippen molar-refractivity contribution in [1.82, 2.24) is 9.88 Å². The molecule has 0 N–H and O–H groups in total. The van der Waals surface area contributed by atoms with Crippen molar-refractivity contribution in [2.75, 3.05) is 6.79 Å². The normalized spacial score (nSPS) is 18.2. The largest absolute Gasteiger partial charge is 0.464 e. The highest BCUT2D eigenvalue weighted by molar-refractivity contribution is 5.83. The third kappa shape index (κ3) is 2.83. The van der Waals surface area contributed by atoms with E-state index in [-0.39, 0.29) is 12.7 Å². The number of fused-ring (bicyclic) bond motifs is 3. The quantitative estimate of drug-likeness (QED) is 0.700. The van der Waals surface area contributed by atoms with Crippen molar-refractivity contribution in [1.29, 1.82) is 0 Å². The van der Waals surface area contributed by atoms with Gasteiger partial charge in [-0.1, -0.05) is 24.3 Å². The summed E-state index contributed by atoms with van der Waals surface area (Å²) >= 11 is 0. The molecule has 3 heterocycles. The average Bonchev–Trinajstić information content (AvgIpc) is 3.11. The van der Waals surface area contributed by atoms with Crippen LogP contribution in [0.15, 0.2) is 48.5 Å². The zero-order chi connectivity index (χ0) is 18.4. The van der Waals surface area contributed by atoms with Gasteiger partial charge in [0.1, 0.15) is 0 Å². The number of pyridine rings is 1. The number of hydrogen-bond donors (Lipinski definition) is 0. The Bertz CT molecular complexity index is 1050. The summed E-state index contributed by atoms with van der Waals surface area (Å²) in [5.74, 6) is 1.92. The zero-order valence-electron chi connectivity index (χ0n) is 14.8. The van der Waals surface area contributed by atoms with Gasteiger partial charge in [-0.2, -0.15) is 0 Å². The molecular weight excluding hydrogens is 344 g/mol. The molecule has 2 aliphatic rings. The molecule has 2 aliphatic heterocycles. The van der Waals surface area contributed by atoms with Crippen molar-refractivity contribution < 1.29 is 19.0 Å². The molecule has 0 radical (unpaired) electrons. The molecule has 0 saturated heterocycles. The van der Waals surface area contributed by atoms with Crippen LogP contribution in [-0.4, -0.2) is 28.7 Å². The maximum atomic E-state index is 12.9. The second-order valence-electron chi connectivity index (χ2n) is 6.79. The summed E-state index contributed by atoms with van der Waals surface area (Å²) in [6.45, 7) is 2.92. The van der Waals surface area contributed by atoms with Crippen LogP contribution in [0.2, 0.25) is 0 Å². The Balaban J connectivity index is 1.49. The lowest BCUT2D eigenvalue weighted by atomic mass is 10.1. The Hall–Kier alpha value is -3.28.